The summed E-state index contributed by atoms with van der Waals surface area (Å²) >= 11 is 0. The second kappa shape index (κ2) is 7.10. The highest BCUT2D eigenvalue weighted by Crippen LogP contribution is 2.30. The standard InChI is InChI=1S/C18H20N2O6S2/c1-12-4-6-15(26-3)11-16(12)19-28(24,25)17-7-5-14(10-13(17)2)20-18(21)8-9-27(20,22)23/h4-7,10-11,19H,8-9H2,1-3H3. The van der Waals surface area contributed by atoms with E-state index in [1.165, 1.54) is 25.3 Å². The summed E-state index contributed by atoms with van der Waals surface area (Å²) in [6.45, 7) is 3.31. The molecule has 2 aromatic carbocycles. The zero-order valence-corrected chi connectivity index (χ0v) is 17.2. The van der Waals surface area contributed by atoms with Crippen molar-refractivity contribution in [2.75, 3.05) is 21.9 Å². The number of hydrogen-bond acceptors (Lipinski definition) is 6. The molecule has 2 aromatic rings. The van der Waals surface area contributed by atoms with Crippen molar-refractivity contribution in [3.05, 3.63) is 47.5 Å². The smallest absolute Gasteiger partial charge is 0.262 e. The highest BCUT2D eigenvalue weighted by molar-refractivity contribution is 7.94. The summed E-state index contributed by atoms with van der Waals surface area (Å²) in [6.07, 6.45) is -0.0852. The Hall–Kier alpha value is -2.59. The van der Waals surface area contributed by atoms with Crippen LogP contribution in [-0.4, -0.2) is 35.6 Å². The summed E-state index contributed by atoms with van der Waals surface area (Å²) in [7, 11) is -6.16. The maximum absolute atomic E-state index is 12.8. The fourth-order valence-corrected chi connectivity index (χ4v) is 5.77. The number of nitrogens with zero attached hydrogens (tertiary/aromatic N) is 1. The minimum absolute atomic E-state index is 0.0116. The third kappa shape index (κ3) is 3.69. The van der Waals surface area contributed by atoms with E-state index in [1.54, 1.807) is 32.0 Å². The molecule has 1 aliphatic heterocycles. The van der Waals surface area contributed by atoms with Crippen LogP contribution in [0.2, 0.25) is 0 Å². The van der Waals surface area contributed by atoms with Gasteiger partial charge in [-0.15, -0.1) is 0 Å². The summed E-state index contributed by atoms with van der Waals surface area (Å²) in [6, 6.07) is 9.03. The van der Waals surface area contributed by atoms with E-state index in [0.29, 0.717) is 22.6 Å². The monoisotopic (exact) mass is 424 g/mol. The molecule has 1 heterocycles. The Morgan fingerprint density at radius 1 is 1.07 bits per heavy atom. The fraction of sp³-hybridized carbons (Fsp3) is 0.278. The van der Waals surface area contributed by atoms with Gasteiger partial charge in [0.25, 0.3) is 10.0 Å². The van der Waals surface area contributed by atoms with Crippen molar-refractivity contribution in [3.63, 3.8) is 0 Å². The number of anilines is 2. The van der Waals surface area contributed by atoms with Gasteiger partial charge >= 0.3 is 0 Å². The zero-order chi connectivity index (χ0) is 20.7. The number of methoxy groups -OCH3 is 1. The van der Waals surface area contributed by atoms with Gasteiger partial charge in [-0.1, -0.05) is 6.07 Å². The average molecular weight is 425 g/mol. The minimum Gasteiger partial charge on any atom is -0.497 e. The number of hydrogen-bond donors (Lipinski definition) is 1. The molecule has 0 saturated carbocycles. The Morgan fingerprint density at radius 3 is 2.36 bits per heavy atom. The number of ether oxygens (including phenoxy) is 1. The van der Waals surface area contributed by atoms with Gasteiger partial charge in [-0.2, -0.15) is 0 Å². The van der Waals surface area contributed by atoms with Crippen LogP contribution in [0.5, 0.6) is 5.75 Å². The van der Waals surface area contributed by atoms with Crippen LogP contribution in [0.25, 0.3) is 0 Å². The maximum Gasteiger partial charge on any atom is 0.262 e. The fourth-order valence-electron chi connectivity index (χ4n) is 2.97. The SMILES string of the molecule is COc1ccc(C)c(NS(=O)(=O)c2ccc(N3C(=O)CCS3(=O)=O)cc2C)c1. The summed E-state index contributed by atoms with van der Waals surface area (Å²) in [5.41, 5.74) is 1.55. The van der Waals surface area contributed by atoms with E-state index in [1.807, 2.05) is 0 Å². The van der Waals surface area contributed by atoms with Gasteiger partial charge in [0.2, 0.25) is 15.9 Å². The first-order chi connectivity index (χ1) is 13.0. The molecule has 0 radical (unpaired) electrons. The summed E-state index contributed by atoms with van der Waals surface area (Å²) in [5.74, 6) is -0.269. The Labute approximate surface area is 164 Å². The lowest BCUT2D eigenvalue weighted by Crippen LogP contribution is -2.29. The van der Waals surface area contributed by atoms with Crippen LogP contribution in [0, 0.1) is 13.8 Å². The number of sulfonamides is 2. The molecule has 0 unspecified atom stereocenters. The van der Waals surface area contributed by atoms with E-state index in [0.717, 1.165) is 4.31 Å². The topological polar surface area (TPSA) is 110 Å². The van der Waals surface area contributed by atoms with Gasteiger partial charge in [0.15, 0.2) is 0 Å². The summed E-state index contributed by atoms with van der Waals surface area (Å²) in [5, 5.41) is 0. The normalized spacial score (nSPS) is 16.2. The van der Waals surface area contributed by atoms with Crippen molar-refractivity contribution in [1.82, 2.24) is 0 Å². The predicted molar refractivity (Wildman–Crippen MR) is 106 cm³/mol. The van der Waals surface area contributed by atoms with Gasteiger partial charge in [0.1, 0.15) is 5.75 Å². The quantitative estimate of drug-likeness (QED) is 0.788. The number of amides is 1. The first kappa shape index (κ1) is 20.2. The molecule has 0 atom stereocenters. The molecule has 1 aliphatic rings. The highest BCUT2D eigenvalue weighted by Gasteiger charge is 2.36. The lowest BCUT2D eigenvalue weighted by molar-refractivity contribution is -0.116. The van der Waals surface area contributed by atoms with Gasteiger partial charge in [0.05, 0.1) is 29.1 Å². The molecule has 0 aromatic heterocycles. The number of benzene rings is 2. The van der Waals surface area contributed by atoms with Gasteiger partial charge in [-0.25, -0.2) is 21.1 Å². The van der Waals surface area contributed by atoms with Crippen LogP contribution in [0.4, 0.5) is 11.4 Å². The second-order valence-electron chi connectivity index (χ2n) is 6.46. The van der Waals surface area contributed by atoms with Crippen molar-refractivity contribution in [3.8, 4) is 5.75 Å². The van der Waals surface area contributed by atoms with E-state index in [-0.39, 0.29) is 22.8 Å². The van der Waals surface area contributed by atoms with Crippen LogP contribution < -0.4 is 13.8 Å². The van der Waals surface area contributed by atoms with Crippen LogP contribution in [0.1, 0.15) is 17.5 Å². The third-order valence-electron chi connectivity index (χ3n) is 4.45. The molecule has 28 heavy (non-hydrogen) atoms. The molecule has 8 nitrogen and oxygen atoms in total. The van der Waals surface area contributed by atoms with E-state index in [2.05, 4.69) is 4.72 Å². The first-order valence-electron chi connectivity index (χ1n) is 8.39. The maximum atomic E-state index is 12.8. The Bertz CT molecular complexity index is 1160. The molecule has 1 amide bonds. The molecule has 0 spiro atoms. The second-order valence-corrected chi connectivity index (χ2v) is 10.0. The molecule has 150 valence electrons. The molecule has 1 fully saturated rings. The summed E-state index contributed by atoms with van der Waals surface area (Å²) in [4.78, 5) is 11.9. The van der Waals surface area contributed by atoms with Crippen molar-refractivity contribution in [2.24, 2.45) is 0 Å². The van der Waals surface area contributed by atoms with Crippen molar-refractivity contribution >= 4 is 37.3 Å². The van der Waals surface area contributed by atoms with Crippen LogP contribution in [0.3, 0.4) is 0 Å². The molecule has 0 aliphatic carbocycles. The Morgan fingerprint density at radius 2 is 1.79 bits per heavy atom. The molecule has 3 rings (SSSR count). The number of aryl methyl sites for hydroxylation is 2. The summed E-state index contributed by atoms with van der Waals surface area (Å²) < 4.78 is 58.2. The van der Waals surface area contributed by atoms with Gasteiger partial charge in [-0.3, -0.25) is 9.52 Å². The largest absolute Gasteiger partial charge is 0.497 e. The molecular weight excluding hydrogens is 404 g/mol. The molecule has 1 saturated heterocycles. The van der Waals surface area contributed by atoms with E-state index >= 15 is 0 Å². The minimum atomic E-state index is -3.93. The van der Waals surface area contributed by atoms with E-state index in [4.69, 9.17) is 4.74 Å². The lowest BCUT2D eigenvalue weighted by atomic mass is 10.2. The molecule has 10 heteroatoms. The average Bonchev–Trinajstić information content (AvgIpc) is 2.89. The van der Waals surface area contributed by atoms with Crippen LogP contribution in [-0.2, 0) is 24.8 Å². The predicted octanol–water partition coefficient (Wildman–Crippen LogP) is 2.18. The van der Waals surface area contributed by atoms with Gasteiger partial charge in [0, 0.05) is 12.5 Å². The Balaban J connectivity index is 1.97. The van der Waals surface area contributed by atoms with E-state index < -0.39 is 26.0 Å². The number of rotatable bonds is 5. The molecular formula is C18H20N2O6S2. The van der Waals surface area contributed by atoms with Crippen molar-refractivity contribution < 1.29 is 26.4 Å². The third-order valence-corrected chi connectivity index (χ3v) is 7.67. The molecule has 1 N–H and O–H groups in total. The number of nitrogens with one attached hydrogen (secondary N) is 1. The van der Waals surface area contributed by atoms with Crippen LogP contribution >= 0.6 is 0 Å². The first-order valence-corrected chi connectivity index (χ1v) is 11.5. The molecule has 0 bridgehead atoms. The van der Waals surface area contributed by atoms with Crippen molar-refractivity contribution in [2.45, 2.75) is 25.2 Å². The van der Waals surface area contributed by atoms with E-state index in [9.17, 15) is 21.6 Å². The van der Waals surface area contributed by atoms with Crippen molar-refractivity contribution in [1.29, 1.82) is 0 Å². The van der Waals surface area contributed by atoms with Crippen LogP contribution in [0.15, 0.2) is 41.3 Å². The lowest BCUT2D eigenvalue weighted by Gasteiger charge is -2.18. The Kier molecular flexibility index (Phi) is 5.11. The van der Waals surface area contributed by atoms with Gasteiger partial charge < -0.3 is 4.74 Å². The zero-order valence-electron chi connectivity index (χ0n) is 15.6. The van der Waals surface area contributed by atoms with Gasteiger partial charge in [-0.05, 0) is 49.2 Å². The number of carbonyl (C=O) groups is 1. The highest BCUT2D eigenvalue weighted by atomic mass is 32.2. The number of carbonyl (C=O) groups excluding carboxylic acids is 1.